The van der Waals surface area contributed by atoms with Gasteiger partial charge in [0, 0.05) is 50.4 Å². The van der Waals surface area contributed by atoms with E-state index in [2.05, 4.69) is 20.4 Å². The summed E-state index contributed by atoms with van der Waals surface area (Å²) in [4.78, 5) is 26.9. The molecule has 10 heteroatoms. The molecule has 2 aromatic carbocycles. The van der Waals surface area contributed by atoms with E-state index in [9.17, 15) is 9.59 Å². The Kier molecular flexibility index (Phi) is 11.1. The van der Waals surface area contributed by atoms with Gasteiger partial charge >= 0.3 is 0 Å². The second-order valence-electron chi connectivity index (χ2n) is 8.96. The van der Waals surface area contributed by atoms with Crippen LogP contribution in [-0.4, -0.2) is 70.2 Å². The standard InChI is InChI=1S/2C14H14ClN3O.CH4/c1-9-7-12(15)16-17-13(9)10-5-4-6-11(8-10)14(19)18(2)3;1-9-7-12(16-17-13(9)15)10-5-4-6-11(8-10)14(19)18(2)3;/h2*4-8H,1-3H3;1H4. The molecule has 2 aromatic heterocycles. The molecule has 4 aromatic rings. The molecular formula is C29H32Cl2N6O2. The fourth-order valence-corrected chi connectivity index (χ4v) is 3.77. The summed E-state index contributed by atoms with van der Waals surface area (Å²) in [6.07, 6.45) is 0. The number of nitrogens with zero attached hydrogens (tertiary/aromatic N) is 6. The number of carbonyl (C=O) groups is 2. The minimum atomic E-state index is -0.0412. The van der Waals surface area contributed by atoms with Crippen molar-refractivity contribution in [3.05, 3.63) is 93.2 Å². The molecule has 0 spiro atoms. The van der Waals surface area contributed by atoms with Crippen LogP contribution in [0.15, 0.2) is 60.7 Å². The van der Waals surface area contributed by atoms with Crippen molar-refractivity contribution < 1.29 is 9.59 Å². The van der Waals surface area contributed by atoms with Crippen molar-refractivity contribution in [1.29, 1.82) is 0 Å². The number of halogens is 2. The lowest BCUT2D eigenvalue weighted by Gasteiger charge is -2.11. The Hall–Kier alpha value is -3.88. The predicted molar refractivity (Wildman–Crippen MR) is 157 cm³/mol. The van der Waals surface area contributed by atoms with E-state index in [1.54, 1.807) is 57.4 Å². The Labute approximate surface area is 239 Å². The smallest absolute Gasteiger partial charge is 0.253 e. The normalized spacial score (nSPS) is 10.1. The van der Waals surface area contributed by atoms with Crippen molar-refractivity contribution in [2.75, 3.05) is 28.2 Å². The summed E-state index contributed by atoms with van der Waals surface area (Å²) in [6.45, 7) is 3.78. The third-order valence-corrected chi connectivity index (χ3v) is 6.04. The van der Waals surface area contributed by atoms with E-state index in [0.717, 1.165) is 27.9 Å². The number of aryl methyl sites for hydroxylation is 2. The van der Waals surface area contributed by atoms with E-state index in [1.165, 1.54) is 4.90 Å². The van der Waals surface area contributed by atoms with Gasteiger partial charge in [0.05, 0.1) is 11.4 Å². The van der Waals surface area contributed by atoms with Crippen LogP contribution in [-0.2, 0) is 0 Å². The fourth-order valence-electron chi connectivity index (χ4n) is 3.48. The zero-order valence-electron chi connectivity index (χ0n) is 22.0. The number of aromatic nitrogens is 4. The van der Waals surface area contributed by atoms with Crippen LogP contribution in [0.3, 0.4) is 0 Å². The zero-order chi connectivity index (χ0) is 28.0. The van der Waals surface area contributed by atoms with Crippen LogP contribution in [0.1, 0.15) is 39.3 Å². The largest absolute Gasteiger partial charge is 0.345 e. The third-order valence-electron chi connectivity index (χ3n) is 5.48. The van der Waals surface area contributed by atoms with Gasteiger partial charge < -0.3 is 9.80 Å². The van der Waals surface area contributed by atoms with E-state index in [4.69, 9.17) is 23.2 Å². The molecule has 0 saturated carbocycles. The summed E-state index contributed by atoms with van der Waals surface area (Å²) in [6, 6.07) is 18.2. The highest BCUT2D eigenvalue weighted by Gasteiger charge is 2.12. The first kappa shape index (κ1) is 31.3. The van der Waals surface area contributed by atoms with Gasteiger partial charge in [-0.2, -0.15) is 0 Å². The molecule has 0 unspecified atom stereocenters. The number of hydrogen-bond acceptors (Lipinski definition) is 6. The lowest BCUT2D eigenvalue weighted by atomic mass is 10.0. The molecule has 0 N–H and O–H groups in total. The molecule has 8 nitrogen and oxygen atoms in total. The predicted octanol–water partition coefficient (Wildman–Crippen LogP) is 6.25. The number of rotatable bonds is 4. The first-order chi connectivity index (χ1) is 18.0. The molecule has 0 radical (unpaired) electrons. The molecule has 0 bridgehead atoms. The number of benzene rings is 2. The van der Waals surface area contributed by atoms with E-state index in [-0.39, 0.29) is 19.2 Å². The molecule has 0 atom stereocenters. The lowest BCUT2D eigenvalue weighted by Crippen LogP contribution is -2.21. The number of hydrogen-bond donors (Lipinski definition) is 0. The zero-order valence-corrected chi connectivity index (χ0v) is 23.5. The van der Waals surface area contributed by atoms with Crippen LogP contribution in [0.2, 0.25) is 10.3 Å². The Morgan fingerprint density at radius 2 is 1.21 bits per heavy atom. The average Bonchev–Trinajstić information content (AvgIpc) is 2.89. The van der Waals surface area contributed by atoms with Crippen LogP contribution in [0, 0.1) is 13.8 Å². The highest BCUT2D eigenvalue weighted by molar-refractivity contribution is 6.30. The molecule has 0 fully saturated rings. The topological polar surface area (TPSA) is 92.2 Å². The molecular weight excluding hydrogens is 535 g/mol. The fraction of sp³-hybridized carbons (Fsp3) is 0.241. The Balaban J connectivity index is 0.000000267. The lowest BCUT2D eigenvalue weighted by molar-refractivity contribution is 0.0820. The molecule has 39 heavy (non-hydrogen) atoms. The molecule has 0 aliphatic carbocycles. The molecule has 2 heterocycles. The average molecular weight is 568 g/mol. The van der Waals surface area contributed by atoms with Gasteiger partial charge in [0.2, 0.25) is 0 Å². The van der Waals surface area contributed by atoms with Crippen LogP contribution < -0.4 is 0 Å². The summed E-state index contributed by atoms with van der Waals surface area (Å²) in [5.74, 6) is -0.0816. The quantitative estimate of drug-likeness (QED) is 0.290. The molecule has 0 aliphatic heterocycles. The van der Waals surface area contributed by atoms with Gasteiger partial charge in [0.1, 0.15) is 0 Å². The molecule has 0 aliphatic rings. The van der Waals surface area contributed by atoms with Crippen molar-refractivity contribution in [2.45, 2.75) is 21.3 Å². The molecule has 204 valence electrons. The highest BCUT2D eigenvalue weighted by Crippen LogP contribution is 2.24. The molecule has 0 saturated heterocycles. The summed E-state index contributed by atoms with van der Waals surface area (Å²) >= 11 is 11.7. The Morgan fingerprint density at radius 3 is 1.72 bits per heavy atom. The van der Waals surface area contributed by atoms with Gasteiger partial charge in [-0.3, -0.25) is 9.59 Å². The molecule has 2 amide bonds. The summed E-state index contributed by atoms with van der Waals surface area (Å²) in [5, 5.41) is 16.6. The Bertz CT molecular complexity index is 1470. The second-order valence-corrected chi connectivity index (χ2v) is 9.71. The van der Waals surface area contributed by atoms with Crippen molar-refractivity contribution in [1.82, 2.24) is 30.2 Å². The van der Waals surface area contributed by atoms with E-state index in [0.29, 0.717) is 27.1 Å². The molecule has 4 rings (SSSR count). The van der Waals surface area contributed by atoms with Gasteiger partial charge in [0.15, 0.2) is 10.3 Å². The van der Waals surface area contributed by atoms with Crippen LogP contribution >= 0.6 is 23.2 Å². The maximum Gasteiger partial charge on any atom is 0.253 e. The van der Waals surface area contributed by atoms with Gasteiger partial charge in [-0.05, 0) is 61.4 Å². The van der Waals surface area contributed by atoms with Crippen molar-refractivity contribution in [3.63, 3.8) is 0 Å². The second kappa shape index (κ2) is 13.8. The monoisotopic (exact) mass is 566 g/mol. The highest BCUT2D eigenvalue weighted by atomic mass is 35.5. The van der Waals surface area contributed by atoms with E-state index < -0.39 is 0 Å². The van der Waals surface area contributed by atoms with E-state index >= 15 is 0 Å². The number of amides is 2. The van der Waals surface area contributed by atoms with Crippen molar-refractivity contribution >= 4 is 35.0 Å². The van der Waals surface area contributed by atoms with Crippen molar-refractivity contribution in [3.8, 4) is 22.5 Å². The summed E-state index contributed by atoms with van der Waals surface area (Å²) in [7, 11) is 6.90. The summed E-state index contributed by atoms with van der Waals surface area (Å²) < 4.78 is 0. The maximum atomic E-state index is 11.9. The third kappa shape index (κ3) is 8.05. The van der Waals surface area contributed by atoms with Crippen LogP contribution in [0.4, 0.5) is 0 Å². The first-order valence-corrected chi connectivity index (χ1v) is 12.4. The van der Waals surface area contributed by atoms with Gasteiger partial charge in [-0.1, -0.05) is 54.9 Å². The van der Waals surface area contributed by atoms with Crippen molar-refractivity contribution in [2.24, 2.45) is 0 Å². The van der Waals surface area contributed by atoms with E-state index in [1.807, 2.05) is 50.2 Å². The van der Waals surface area contributed by atoms with Gasteiger partial charge in [-0.15, -0.1) is 20.4 Å². The minimum absolute atomic E-state index is 0. The Morgan fingerprint density at radius 1 is 0.667 bits per heavy atom. The van der Waals surface area contributed by atoms with Gasteiger partial charge in [-0.25, -0.2) is 0 Å². The van der Waals surface area contributed by atoms with Crippen LogP contribution in [0.5, 0.6) is 0 Å². The SMILES string of the molecule is C.Cc1cc(-c2cccc(C(=O)N(C)C)c2)nnc1Cl.Cc1cc(Cl)nnc1-c1cccc(C(=O)N(C)C)c1. The number of carbonyl (C=O) groups excluding carboxylic acids is 2. The van der Waals surface area contributed by atoms with Gasteiger partial charge in [0.25, 0.3) is 11.8 Å². The first-order valence-electron chi connectivity index (χ1n) is 11.6. The van der Waals surface area contributed by atoms with Crippen LogP contribution in [0.25, 0.3) is 22.5 Å². The summed E-state index contributed by atoms with van der Waals surface area (Å²) in [5.41, 5.74) is 6.17. The maximum absolute atomic E-state index is 11.9. The minimum Gasteiger partial charge on any atom is -0.345 e.